The zero-order valence-corrected chi connectivity index (χ0v) is 13.5. The van der Waals surface area contributed by atoms with Crippen LogP contribution in [0.25, 0.3) is 11.4 Å². The molecule has 0 aliphatic heterocycles. The number of nitrogens with zero attached hydrogens (tertiary/aromatic N) is 3. The molecule has 0 saturated heterocycles. The van der Waals surface area contributed by atoms with Crippen LogP contribution in [0.4, 0.5) is 5.95 Å². The van der Waals surface area contributed by atoms with Gasteiger partial charge in [-0.05, 0) is 37.0 Å². The molecule has 3 aromatic rings. The number of aromatic nitrogens is 5. The molecule has 1 amide bonds. The molecule has 8 heteroatoms. The Morgan fingerprint density at radius 1 is 1.29 bits per heavy atom. The van der Waals surface area contributed by atoms with Crippen molar-refractivity contribution in [1.82, 2.24) is 25.4 Å². The van der Waals surface area contributed by atoms with Gasteiger partial charge in [0.15, 0.2) is 5.82 Å². The predicted molar refractivity (Wildman–Crippen MR) is 89.6 cm³/mol. The van der Waals surface area contributed by atoms with Crippen molar-refractivity contribution < 1.29 is 4.79 Å². The van der Waals surface area contributed by atoms with E-state index in [4.69, 9.17) is 11.6 Å². The summed E-state index contributed by atoms with van der Waals surface area (Å²) in [5.41, 5.74) is 2.97. The molecule has 0 radical (unpaired) electrons. The van der Waals surface area contributed by atoms with Crippen LogP contribution in [0.3, 0.4) is 0 Å². The van der Waals surface area contributed by atoms with Crippen molar-refractivity contribution in [1.29, 1.82) is 0 Å². The van der Waals surface area contributed by atoms with E-state index in [2.05, 4.69) is 30.7 Å². The fourth-order valence-electron chi connectivity index (χ4n) is 2.94. The lowest BCUT2D eigenvalue weighted by Crippen LogP contribution is -2.28. The molecule has 2 aromatic heterocycles. The zero-order chi connectivity index (χ0) is 16.5. The van der Waals surface area contributed by atoms with Crippen molar-refractivity contribution in [2.45, 2.75) is 19.3 Å². The van der Waals surface area contributed by atoms with E-state index in [0.29, 0.717) is 17.3 Å². The number of carbonyl (C=O) groups excluding carboxylic acids is 1. The van der Waals surface area contributed by atoms with E-state index in [9.17, 15) is 4.79 Å². The summed E-state index contributed by atoms with van der Waals surface area (Å²) in [7, 11) is 0. The van der Waals surface area contributed by atoms with E-state index in [1.165, 1.54) is 0 Å². The van der Waals surface area contributed by atoms with E-state index in [-0.39, 0.29) is 17.8 Å². The number of amides is 1. The summed E-state index contributed by atoms with van der Waals surface area (Å²) in [5.74, 6) is 0.605. The molecule has 2 heterocycles. The third-order valence-electron chi connectivity index (χ3n) is 4.24. The highest BCUT2D eigenvalue weighted by atomic mass is 35.5. The number of hydrogen-bond acceptors (Lipinski definition) is 4. The van der Waals surface area contributed by atoms with Crippen molar-refractivity contribution in [3.05, 3.63) is 46.7 Å². The highest BCUT2D eigenvalue weighted by Crippen LogP contribution is 2.26. The number of anilines is 1. The summed E-state index contributed by atoms with van der Waals surface area (Å²) in [6.07, 6.45) is 4.08. The van der Waals surface area contributed by atoms with Crippen molar-refractivity contribution in [2.24, 2.45) is 5.92 Å². The van der Waals surface area contributed by atoms with Crippen LogP contribution < -0.4 is 5.32 Å². The number of H-pyrrole nitrogens is 2. The topological polar surface area (TPSA) is 99.4 Å². The van der Waals surface area contributed by atoms with Gasteiger partial charge >= 0.3 is 0 Å². The molecule has 24 heavy (non-hydrogen) atoms. The minimum Gasteiger partial charge on any atom is -0.293 e. The molecular formula is C16H15ClN6O. The third-order valence-corrected chi connectivity index (χ3v) is 4.57. The Labute approximate surface area is 142 Å². The fourth-order valence-corrected chi connectivity index (χ4v) is 3.17. The van der Waals surface area contributed by atoms with Crippen molar-refractivity contribution in [2.75, 3.05) is 5.32 Å². The smallest absolute Gasteiger partial charge is 0.249 e. The molecule has 1 aliphatic rings. The summed E-state index contributed by atoms with van der Waals surface area (Å²) in [4.78, 5) is 16.8. The van der Waals surface area contributed by atoms with Gasteiger partial charge in [-0.1, -0.05) is 23.7 Å². The minimum atomic E-state index is -0.0997. The molecule has 1 atom stereocenters. The van der Waals surface area contributed by atoms with Gasteiger partial charge in [-0.25, -0.2) is 0 Å². The maximum absolute atomic E-state index is 12.5. The number of aryl methyl sites for hydroxylation is 1. The van der Waals surface area contributed by atoms with E-state index >= 15 is 0 Å². The number of halogens is 1. The predicted octanol–water partition coefficient (Wildman–Crippen LogP) is 2.59. The van der Waals surface area contributed by atoms with E-state index < -0.39 is 0 Å². The van der Waals surface area contributed by atoms with Crippen LogP contribution in [0.1, 0.15) is 17.7 Å². The van der Waals surface area contributed by atoms with Crippen molar-refractivity contribution >= 4 is 23.5 Å². The maximum atomic E-state index is 12.5. The Balaban J connectivity index is 1.47. The number of hydrogen-bond donors (Lipinski definition) is 3. The molecule has 122 valence electrons. The summed E-state index contributed by atoms with van der Waals surface area (Å²) in [5, 5.41) is 17.2. The Morgan fingerprint density at radius 3 is 3.04 bits per heavy atom. The van der Waals surface area contributed by atoms with E-state index in [1.54, 1.807) is 12.3 Å². The first-order chi connectivity index (χ1) is 11.7. The molecular weight excluding hydrogens is 328 g/mol. The highest BCUT2D eigenvalue weighted by Gasteiger charge is 2.26. The van der Waals surface area contributed by atoms with E-state index in [0.717, 1.165) is 29.7 Å². The number of fused-ring (bicyclic) bond motifs is 1. The summed E-state index contributed by atoms with van der Waals surface area (Å²) < 4.78 is 0. The van der Waals surface area contributed by atoms with Crippen LogP contribution in [0.5, 0.6) is 0 Å². The summed E-state index contributed by atoms with van der Waals surface area (Å²) in [6.45, 7) is 0. The molecule has 0 saturated carbocycles. The van der Waals surface area contributed by atoms with Crippen LogP contribution in [-0.4, -0.2) is 31.3 Å². The van der Waals surface area contributed by atoms with Gasteiger partial charge in [-0.3, -0.25) is 20.3 Å². The molecule has 0 fully saturated rings. The van der Waals surface area contributed by atoms with Crippen LogP contribution in [0.15, 0.2) is 30.5 Å². The van der Waals surface area contributed by atoms with Crippen LogP contribution in [0, 0.1) is 5.92 Å². The molecule has 1 aliphatic carbocycles. The number of carbonyl (C=O) groups is 1. The van der Waals surface area contributed by atoms with E-state index in [1.807, 2.05) is 18.2 Å². The average molecular weight is 343 g/mol. The third kappa shape index (κ3) is 2.78. The van der Waals surface area contributed by atoms with Gasteiger partial charge in [-0.2, -0.15) is 10.1 Å². The van der Waals surface area contributed by atoms with Gasteiger partial charge in [0.2, 0.25) is 11.9 Å². The second kappa shape index (κ2) is 6.09. The van der Waals surface area contributed by atoms with Crippen molar-refractivity contribution in [3.8, 4) is 11.4 Å². The van der Waals surface area contributed by atoms with Gasteiger partial charge in [0.25, 0.3) is 0 Å². The van der Waals surface area contributed by atoms with Crippen LogP contribution in [-0.2, 0) is 17.6 Å². The average Bonchev–Trinajstić information content (AvgIpc) is 3.23. The van der Waals surface area contributed by atoms with Crippen molar-refractivity contribution in [3.63, 3.8) is 0 Å². The van der Waals surface area contributed by atoms with Gasteiger partial charge in [0, 0.05) is 17.2 Å². The number of nitrogens with one attached hydrogen (secondary N) is 3. The van der Waals surface area contributed by atoms with Gasteiger partial charge in [0.05, 0.1) is 11.2 Å². The maximum Gasteiger partial charge on any atom is 0.249 e. The van der Waals surface area contributed by atoms with Gasteiger partial charge < -0.3 is 0 Å². The second-order valence-electron chi connectivity index (χ2n) is 5.79. The Kier molecular flexibility index (Phi) is 3.78. The normalized spacial score (nSPS) is 16.6. The second-order valence-corrected chi connectivity index (χ2v) is 6.20. The van der Waals surface area contributed by atoms with Gasteiger partial charge in [0.1, 0.15) is 0 Å². The molecule has 0 spiro atoms. The Hall–Kier alpha value is -2.67. The zero-order valence-electron chi connectivity index (χ0n) is 12.7. The molecule has 7 nitrogen and oxygen atoms in total. The lowest BCUT2D eigenvalue weighted by atomic mass is 9.87. The summed E-state index contributed by atoms with van der Waals surface area (Å²) in [6, 6.07) is 7.34. The summed E-state index contributed by atoms with van der Waals surface area (Å²) >= 11 is 6.15. The molecule has 1 aromatic carbocycles. The van der Waals surface area contributed by atoms with Gasteiger partial charge in [-0.15, -0.1) is 5.10 Å². The number of aromatic amines is 2. The van der Waals surface area contributed by atoms with Crippen LogP contribution >= 0.6 is 11.6 Å². The first-order valence-electron chi connectivity index (χ1n) is 7.70. The molecule has 4 rings (SSSR count). The van der Waals surface area contributed by atoms with Crippen LogP contribution in [0.2, 0.25) is 5.02 Å². The Morgan fingerprint density at radius 2 is 2.17 bits per heavy atom. The molecule has 0 bridgehead atoms. The number of benzene rings is 1. The SMILES string of the molecule is O=C(Nc1n[nH]c(-c2ccccc2Cl)n1)[C@H]1CCc2[nH]ncc2C1. The standard InChI is InChI=1S/C16H15ClN6O/c17-12-4-2-1-3-11(12)14-19-16(23-22-14)20-15(24)9-5-6-13-10(7-9)8-18-21-13/h1-4,8-9H,5-7H2,(H,18,21)(H2,19,20,22,23,24)/t9-/m0/s1. The molecule has 3 N–H and O–H groups in total. The monoisotopic (exact) mass is 342 g/mol. The molecule has 0 unspecified atom stereocenters. The Bertz CT molecular complexity index is 886. The minimum absolute atomic E-state index is 0.0773. The lowest BCUT2D eigenvalue weighted by molar-refractivity contribution is -0.120. The largest absolute Gasteiger partial charge is 0.293 e. The quantitative estimate of drug-likeness (QED) is 0.681. The first-order valence-corrected chi connectivity index (χ1v) is 8.08. The first kappa shape index (κ1) is 14.9. The number of rotatable bonds is 3. The fraction of sp³-hybridized carbons (Fsp3) is 0.250. The lowest BCUT2D eigenvalue weighted by Gasteiger charge is -2.19. The highest BCUT2D eigenvalue weighted by molar-refractivity contribution is 6.33.